The largest absolute Gasteiger partial charge is 0.486 e. The molecule has 0 saturated heterocycles. The van der Waals surface area contributed by atoms with E-state index in [1.807, 2.05) is 18.4 Å². The highest BCUT2D eigenvalue weighted by Gasteiger charge is 2.13. The maximum Gasteiger partial charge on any atom is 0.226 e. The van der Waals surface area contributed by atoms with Crippen LogP contribution in [0, 0.1) is 5.82 Å². The van der Waals surface area contributed by atoms with Gasteiger partial charge in [-0.25, -0.2) is 9.37 Å². The number of nitrogens with one attached hydrogen (secondary N) is 1. The third kappa shape index (κ3) is 5.67. The van der Waals surface area contributed by atoms with Gasteiger partial charge in [0.1, 0.15) is 23.2 Å². The van der Waals surface area contributed by atoms with Gasteiger partial charge in [-0.2, -0.15) is 0 Å². The summed E-state index contributed by atoms with van der Waals surface area (Å²) in [5, 5.41) is 6.41. The van der Waals surface area contributed by atoms with Crippen molar-refractivity contribution in [1.82, 2.24) is 10.3 Å². The van der Waals surface area contributed by atoms with Crippen LogP contribution in [0.15, 0.2) is 47.8 Å². The first kappa shape index (κ1) is 20.6. The van der Waals surface area contributed by atoms with Gasteiger partial charge >= 0.3 is 0 Å². The van der Waals surface area contributed by atoms with E-state index in [9.17, 15) is 9.18 Å². The van der Waals surface area contributed by atoms with Crippen molar-refractivity contribution in [2.45, 2.75) is 26.0 Å². The van der Waals surface area contributed by atoms with Crippen LogP contribution in [0.1, 0.15) is 29.2 Å². The summed E-state index contributed by atoms with van der Waals surface area (Å²) in [6, 6.07) is 10.8. The molecule has 0 aliphatic rings. The van der Waals surface area contributed by atoms with Crippen molar-refractivity contribution >= 4 is 40.4 Å². The van der Waals surface area contributed by atoms with E-state index in [0.29, 0.717) is 21.5 Å². The van der Waals surface area contributed by atoms with Crippen molar-refractivity contribution in [2.24, 2.45) is 0 Å². The van der Waals surface area contributed by atoms with Crippen LogP contribution < -0.4 is 10.1 Å². The fourth-order valence-corrected chi connectivity index (χ4v) is 3.51. The number of aromatic nitrogens is 1. The second-order valence-corrected chi connectivity index (χ2v) is 7.87. The summed E-state index contributed by atoms with van der Waals surface area (Å²) in [4.78, 5) is 16.7. The minimum absolute atomic E-state index is 0.144. The number of hydrogen-bond acceptors (Lipinski definition) is 4. The van der Waals surface area contributed by atoms with Crippen molar-refractivity contribution in [3.63, 3.8) is 0 Å². The topological polar surface area (TPSA) is 51.2 Å². The predicted octanol–water partition coefficient (Wildman–Crippen LogP) is 5.59. The summed E-state index contributed by atoms with van der Waals surface area (Å²) in [7, 11) is 0. The number of nitrogens with zero attached hydrogens (tertiary/aromatic N) is 1. The predicted molar refractivity (Wildman–Crippen MR) is 110 cm³/mol. The fraction of sp³-hybridized carbons (Fsp3) is 0.200. The molecule has 8 heteroatoms. The van der Waals surface area contributed by atoms with Crippen LogP contribution in [0.25, 0.3) is 0 Å². The Morgan fingerprint density at radius 2 is 1.96 bits per heavy atom. The Kier molecular flexibility index (Phi) is 6.88. The van der Waals surface area contributed by atoms with E-state index in [1.165, 1.54) is 23.5 Å². The van der Waals surface area contributed by atoms with Gasteiger partial charge in [-0.05, 0) is 48.9 Å². The number of ether oxygens (including phenoxy) is 1. The van der Waals surface area contributed by atoms with Crippen LogP contribution in [-0.4, -0.2) is 10.9 Å². The number of amides is 1. The number of hydrogen-bond donors (Lipinski definition) is 1. The first-order chi connectivity index (χ1) is 13.4. The first-order valence-corrected chi connectivity index (χ1v) is 10.1. The molecule has 0 spiro atoms. The van der Waals surface area contributed by atoms with Crippen LogP contribution in [0.5, 0.6) is 5.75 Å². The molecule has 0 fully saturated rings. The molecule has 4 nitrogen and oxygen atoms in total. The maximum absolute atomic E-state index is 12.9. The maximum atomic E-state index is 12.9. The zero-order chi connectivity index (χ0) is 20.1. The van der Waals surface area contributed by atoms with Crippen molar-refractivity contribution in [1.29, 1.82) is 0 Å². The molecular weight excluding hydrogens is 422 g/mol. The van der Waals surface area contributed by atoms with E-state index in [-0.39, 0.29) is 30.8 Å². The summed E-state index contributed by atoms with van der Waals surface area (Å²) < 4.78 is 18.5. The molecule has 2 aromatic carbocycles. The number of rotatable bonds is 7. The monoisotopic (exact) mass is 438 g/mol. The molecule has 28 heavy (non-hydrogen) atoms. The van der Waals surface area contributed by atoms with Crippen LogP contribution in [0.2, 0.25) is 10.0 Å². The lowest BCUT2D eigenvalue weighted by atomic mass is 10.1. The summed E-state index contributed by atoms with van der Waals surface area (Å²) in [6.45, 7) is 2.14. The average molecular weight is 439 g/mol. The summed E-state index contributed by atoms with van der Waals surface area (Å²) in [5.74, 6) is 0.103. The summed E-state index contributed by atoms with van der Waals surface area (Å²) >= 11 is 13.4. The van der Waals surface area contributed by atoms with Gasteiger partial charge in [0.05, 0.1) is 28.2 Å². The Bertz CT molecular complexity index is 963. The number of benzene rings is 2. The number of carbonyl (C=O) groups is 1. The third-order valence-corrected chi connectivity index (χ3v) is 5.55. The molecule has 1 aromatic heterocycles. The van der Waals surface area contributed by atoms with Gasteiger partial charge in [0.25, 0.3) is 0 Å². The van der Waals surface area contributed by atoms with E-state index in [4.69, 9.17) is 27.9 Å². The smallest absolute Gasteiger partial charge is 0.226 e. The van der Waals surface area contributed by atoms with Gasteiger partial charge in [0.2, 0.25) is 5.91 Å². The number of halogens is 3. The van der Waals surface area contributed by atoms with E-state index >= 15 is 0 Å². The Hall–Kier alpha value is -2.15. The molecule has 0 aliphatic heterocycles. The van der Waals surface area contributed by atoms with Crippen molar-refractivity contribution in [3.05, 3.63) is 80.0 Å². The van der Waals surface area contributed by atoms with Crippen LogP contribution in [-0.2, 0) is 17.8 Å². The highest BCUT2D eigenvalue weighted by molar-refractivity contribution is 7.09. The van der Waals surface area contributed by atoms with Gasteiger partial charge in [-0.3, -0.25) is 4.79 Å². The van der Waals surface area contributed by atoms with Gasteiger partial charge in [0.15, 0.2) is 0 Å². The van der Waals surface area contributed by atoms with Crippen LogP contribution >= 0.6 is 34.5 Å². The molecule has 0 saturated carbocycles. The fourth-order valence-electron chi connectivity index (χ4n) is 2.49. The van der Waals surface area contributed by atoms with Crippen LogP contribution in [0.4, 0.5) is 4.39 Å². The molecule has 1 unspecified atom stereocenters. The second kappa shape index (κ2) is 9.37. The second-order valence-electron chi connectivity index (χ2n) is 6.11. The normalized spacial score (nSPS) is 11.9. The molecular formula is C20H17Cl2FN2O2S. The molecule has 0 aliphatic carbocycles. The SMILES string of the molecule is CC(NC(=O)Cc1csc(COc2ccc(F)cc2)n1)c1ccc(Cl)c(Cl)c1. The van der Waals surface area contributed by atoms with Crippen molar-refractivity contribution in [2.75, 3.05) is 0 Å². The van der Waals surface area contributed by atoms with Crippen molar-refractivity contribution < 1.29 is 13.9 Å². The standard InChI is InChI=1S/C20H17Cl2FN2O2S/c1-12(13-2-7-17(21)18(22)8-13)24-19(26)9-15-11-28-20(25-15)10-27-16-5-3-14(23)4-6-16/h2-8,11-12H,9-10H2,1H3,(H,24,26). The molecule has 0 bridgehead atoms. The Balaban J connectivity index is 1.51. The van der Waals surface area contributed by atoms with E-state index < -0.39 is 0 Å². The molecule has 1 heterocycles. The number of carbonyl (C=O) groups excluding carboxylic acids is 1. The Morgan fingerprint density at radius 3 is 2.68 bits per heavy atom. The quantitative estimate of drug-likeness (QED) is 0.522. The Morgan fingerprint density at radius 1 is 1.21 bits per heavy atom. The minimum atomic E-state index is -0.315. The van der Waals surface area contributed by atoms with Gasteiger partial charge < -0.3 is 10.1 Å². The van der Waals surface area contributed by atoms with Gasteiger partial charge in [-0.1, -0.05) is 29.3 Å². The van der Waals surface area contributed by atoms with E-state index in [2.05, 4.69) is 10.3 Å². The molecule has 1 N–H and O–H groups in total. The summed E-state index contributed by atoms with van der Waals surface area (Å²) in [5.41, 5.74) is 1.54. The zero-order valence-electron chi connectivity index (χ0n) is 14.9. The number of thiazole rings is 1. The molecule has 146 valence electrons. The minimum Gasteiger partial charge on any atom is -0.486 e. The first-order valence-electron chi connectivity index (χ1n) is 8.46. The Labute approximate surface area is 176 Å². The zero-order valence-corrected chi connectivity index (χ0v) is 17.2. The summed E-state index contributed by atoms with van der Waals surface area (Å²) in [6.07, 6.45) is 0.165. The van der Waals surface area contributed by atoms with Gasteiger partial charge in [0, 0.05) is 5.38 Å². The van der Waals surface area contributed by atoms with Gasteiger partial charge in [-0.15, -0.1) is 11.3 Å². The lowest BCUT2D eigenvalue weighted by Crippen LogP contribution is -2.28. The van der Waals surface area contributed by atoms with Crippen molar-refractivity contribution in [3.8, 4) is 5.75 Å². The molecule has 1 amide bonds. The molecule has 1 atom stereocenters. The van der Waals surface area contributed by atoms with E-state index in [0.717, 1.165) is 10.6 Å². The molecule has 0 radical (unpaired) electrons. The highest BCUT2D eigenvalue weighted by Crippen LogP contribution is 2.25. The molecule has 3 rings (SSSR count). The molecule has 3 aromatic rings. The van der Waals surface area contributed by atoms with E-state index in [1.54, 1.807) is 24.3 Å². The lowest BCUT2D eigenvalue weighted by Gasteiger charge is -2.14. The third-order valence-electron chi connectivity index (χ3n) is 3.94. The van der Waals surface area contributed by atoms with Crippen LogP contribution in [0.3, 0.4) is 0 Å². The average Bonchev–Trinajstić information content (AvgIpc) is 3.10. The highest BCUT2D eigenvalue weighted by atomic mass is 35.5. The lowest BCUT2D eigenvalue weighted by molar-refractivity contribution is -0.121.